The van der Waals surface area contributed by atoms with Crippen LogP contribution in [0, 0.1) is 17.2 Å². The summed E-state index contributed by atoms with van der Waals surface area (Å²) in [6.07, 6.45) is 3.46. The number of aliphatic hydroxyl groups is 1. The first-order valence-corrected chi connectivity index (χ1v) is 7.05. The zero-order valence-corrected chi connectivity index (χ0v) is 11.8. The Hall–Kier alpha value is -0.930. The molecule has 19 heavy (non-hydrogen) atoms. The van der Waals surface area contributed by atoms with Gasteiger partial charge in [0, 0.05) is 18.4 Å². The van der Waals surface area contributed by atoms with Crippen LogP contribution in [0.4, 0.5) is 4.39 Å². The second-order valence-corrected chi connectivity index (χ2v) is 6.41. The van der Waals surface area contributed by atoms with Crippen molar-refractivity contribution in [3.05, 3.63) is 35.6 Å². The largest absolute Gasteiger partial charge is 0.389 e. The molecule has 2 rings (SSSR count). The van der Waals surface area contributed by atoms with E-state index in [4.69, 9.17) is 5.73 Å². The summed E-state index contributed by atoms with van der Waals surface area (Å²) in [7, 11) is 0. The summed E-state index contributed by atoms with van der Waals surface area (Å²) in [6.45, 7) is 4.54. The van der Waals surface area contributed by atoms with Crippen LogP contribution in [0.25, 0.3) is 0 Å². The average molecular weight is 265 g/mol. The van der Waals surface area contributed by atoms with Crippen LogP contribution in [0.15, 0.2) is 24.3 Å². The van der Waals surface area contributed by atoms with Crippen LogP contribution in [0.1, 0.15) is 38.7 Å². The summed E-state index contributed by atoms with van der Waals surface area (Å²) >= 11 is 0. The van der Waals surface area contributed by atoms with Gasteiger partial charge < -0.3 is 10.8 Å². The lowest BCUT2D eigenvalue weighted by Crippen LogP contribution is -2.50. The molecular weight excluding hydrogens is 241 g/mol. The molecule has 0 saturated heterocycles. The van der Waals surface area contributed by atoms with Crippen LogP contribution >= 0.6 is 0 Å². The number of benzene rings is 1. The number of halogens is 1. The van der Waals surface area contributed by atoms with Gasteiger partial charge in [-0.1, -0.05) is 25.5 Å². The summed E-state index contributed by atoms with van der Waals surface area (Å²) < 4.78 is 13.3. The second kappa shape index (κ2) is 5.22. The molecule has 2 nitrogen and oxygen atoms in total. The van der Waals surface area contributed by atoms with Crippen molar-refractivity contribution in [2.24, 2.45) is 17.1 Å². The topological polar surface area (TPSA) is 46.2 Å². The van der Waals surface area contributed by atoms with E-state index in [1.807, 2.05) is 13.0 Å². The molecule has 3 unspecified atom stereocenters. The van der Waals surface area contributed by atoms with E-state index in [0.717, 1.165) is 24.8 Å². The molecule has 3 heteroatoms. The SMILES string of the molecule is CC1CCC(CN)(C(C)(O)Cc2cccc(F)c2)C1. The van der Waals surface area contributed by atoms with E-state index in [0.29, 0.717) is 18.9 Å². The van der Waals surface area contributed by atoms with Gasteiger partial charge in [0.1, 0.15) is 5.82 Å². The minimum Gasteiger partial charge on any atom is -0.389 e. The molecule has 0 spiro atoms. The first-order chi connectivity index (χ1) is 8.88. The van der Waals surface area contributed by atoms with E-state index in [2.05, 4.69) is 6.92 Å². The van der Waals surface area contributed by atoms with E-state index in [1.165, 1.54) is 12.1 Å². The predicted molar refractivity (Wildman–Crippen MR) is 75.2 cm³/mol. The molecule has 0 radical (unpaired) electrons. The molecule has 1 aliphatic carbocycles. The highest BCUT2D eigenvalue weighted by Gasteiger charge is 2.49. The zero-order valence-electron chi connectivity index (χ0n) is 11.8. The van der Waals surface area contributed by atoms with Crippen molar-refractivity contribution < 1.29 is 9.50 Å². The maximum Gasteiger partial charge on any atom is 0.123 e. The van der Waals surface area contributed by atoms with Gasteiger partial charge in [-0.15, -0.1) is 0 Å². The molecule has 0 bridgehead atoms. The van der Waals surface area contributed by atoms with Crippen LogP contribution in [0.5, 0.6) is 0 Å². The minimum atomic E-state index is -0.889. The summed E-state index contributed by atoms with van der Waals surface area (Å²) in [5, 5.41) is 10.9. The lowest BCUT2D eigenvalue weighted by Gasteiger charge is -2.42. The van der Waals surface area contributed by atoms with E-state index < -0.39 is 5.60 Å². The van der Waals surface area contributed by atoms with Crippen LogP contribution < -0.4 is 5.73 Å². The molecule has 3 atom stereocenters. The Labute approximate surface area is 114 Å². The van der Waals surface area contributed by atoms with Crippen molar-refractivity contribution in [1.82, 2.24) is 0 Å². The predicted octanol–water partition coefficient (Wildman–Crippen LogP) is 2.88. The summed E-state index contributed by atoms with van der Waals surface area (Å²) in [4.78, 5) is 0. The summed E-state index contributed by atoms with van der Waals surface area (Å²) in [5.74, 6) is 0.345. The Morgan fingerprint density at radius 3 is 2.79 bits per heavy atom. The number of rotatable bonds is 4. The first-order valence-electron chi connectivity index (χ1n) is 7.05. The quantitative estimate of drug-likeness (QED) is 0.879. The molecule has 1 fully saturated rings. The molecule has 1 saturated carbocycles. The molecular formula is C16H24FNO. The highest BCUT2D eigenvalue weighted by molar-refractivity contribution is 5.20. The average Bonchev–Trinajstić information content (AvgIpc) is 2.72. The molecule has 106 valence electrons. The standard InChI is InChI=1S/C16H24FNO/c1-12-6-7-16(9-12,11-18)15(2,19)10-13-4-3-5-14(17)8-13/h3-5,8,12,19H,6-7,9-11,18H2,1-2H3. The van der Waals surface area contributed by atoms with Gasteiger partial charge >= 0.3 is 0 Å². The van der Waals surface area contributed by atoms with E-state index >= 15 is 0 Å². The van der Waals surface area contributed by atoms with Gasteiger partial charge in [0.15, 0.2) is 0 Å². The first kappa shape index (κ1) is 14.5. The second-order valence-electron chi connectivity index (χ2n) is 6.41. The maximum atomic E-state index is 13.3. The highest BCUT2D eigenvalue weighted by atomic mass is 19.1. The van der Waals surface area contributed by atoms with Crippen molar-refractivity contribution in [3.63, 3.8) is 0 Å². The number of hydrogen-bond donors (Lipinski definition) is 2. The maximum absolute atomic E-state index is 13.3. The minimum absolute atomic E-state index is 0.237. The fourth-order valence-corrected chi connectivity index (χ4v) is 3.52. The lowest BCUT2D eigenvalue weighted by molar-refractivity contribution is -0.0643. The molecule has 0 heterocycles. The van der Waals surface area contributed by atoms with Crippen molar-refractivity contribution >= 4 is 0 Å². The van der Waals surface area contributed by atoms with Gasteiger partial charge in [0.25, 0.3) is 0 Å². The molecule has 1 aliphatic rings. The van der Waals surface area contributed by atoms with E-state index in [9.17, 15) is 9.50 Å². The Bertz CT molecular complexity index is 446. The van der Waals surface area contributed by atoms with Gasteiger partial charge in [-0.05, 0) is 43.4 Å². The van der Waals surface area contributed by atoms with Crippen LogP contribution in [-0.2, 0) is 6.42 Å². The monoisotopic (exact) mass is 265 g/mol. The molecule has 1 aromatic rings. The Kier molecular flexibility index (Phi) is 3.98. The third-order valence-electron chi connectivity index (χ3n) is 4.83. The van der Waals surface area contributed by atoms with Crippen molar-refractivity contribution in [2.75, 3.05) is 6.54 Å². The third kappa shape index (κ3) is 2.82. The smallest absolute Gasteiger partial charge is 0.123 e. The lowest BCUT2D eigenvalue weighted by atomic mass is 9.68. The van der Waals surface area contributed by atoms with Crippen LogP contribution in [0.3, 0.4) is 0 Å². The van der Waals surface area contributed by atoms with E-state index in [-0.39, 0.29) is 11.2 Å². The van der Waals surface area contributed by atoms with Gasteiger partial charge in [0.05, 0.1) is 5.60 Å². The Morgan fingerprint density at radius 2 is 2.26 bits per heavy atom. The molecule has 0 aromatic heterocycles. The third-order valence-corrected chi connectivity index (χ3v) is 4.83. The van der Waals surface area contributed by atoms with Crippen LogP contribution in [-0.4, -0.2) is 17.3 Å². The van der Waals surface area contributed by atoms with Gasteiger partial charge in [-0.25, -0.2) is 4.39 Å². The van der Waals surface area contributed by atoms with Gasteiger partial charge in [-0.3, -0.25) is 0 Å². The number of nitrogens with two attached hydrogens (primary N) is 1. The summed E-state index contributed by atoms with van der Waals surface area (Å²) in [6, 6.07) is 6.47. The zero-order chi connectivity index (χ0) is 14.1. The fourth-order valence-electron chi connectivity index (χ4n) is 3.52. The van der Waals surface area contributed by atoms with Gasteiger partial charge in [-0.2, -0.15) is 0 Å². The Balaban J connectivity index is 2.21. The summed E-state index contributed by atoms with van der Waals surface area (Å²) in [5.41, 5.74) is 5.67. The molecule has 1 aromatic carbocycles. The van der Waals surface area contributed by atoms with E-state index in [1.54, 1.807) is 6.07 Å². The molecule has 3 N–H and O–H groups in total. The van der Waals surface area contributed by atoms with Crippen molar-refractivity contribution in [2.45, 2.75) is 45.1 Å². The van der Waals surface area contributed by atoms with Crippen LogP contribution in [0.2, 0.25) is 0 Å². The van der Waals surface area contributed by atoms with Gasteiger partial charge in [0.2, 0.25) is 0 Å². The molecule has 0 amide bonds. The Morgan fingerprint density at radius 1 is 1.53 bits per heavy atom. The van der Waals surface area contributed by atoms with Crippen molar-refractivity contribution in [1.29, 1.82) is 0 Å². The number of hydrogen-bond acceptors (Lipinski definition) is 2. The highest BCUT2D eigenvalue weighted by Crippen LogP contribution is 2.49. The molecule has 0 aliphatic heterocycles. The van der Waals surface area contributed by atoms with Crippen molar-refractivity contribution in [3.8, 4) is 0 Å². The fraction of sp³-hybridized carbons (Fsp3) is 0.625. The normalized spacial score (nSPS) is 30.3.